The Labute approximate surface area is 167 Å². The third kappa shape index (κ3) is 3.97. The van der Waals surface area contributed by atoms with Crippen LogP contribution >= 0.6 is 0 Å². The summed E-state index contributed by atoms with van der Waals surface area (Å²) in [5.74, 6) is -2.97. The van der Waals surface area contributed by atoms with Crippen LogP contribution in [0.1, 0.15) is 24.0 Å². The van der Waals surface area contributed by atoms with E-state index in [1.807, 2.05) is 42.5 Å². The van der Waals surface area contributed by atoms with Crippen LogP contribution in [0.5, 0.6) is 0 Å². The van der Waals surface area contributed by atoms with Gasteiger partial charge in [-0.15, -0.1) is 0 Å². The van der Waals surface area contributed by atoms with Crippen molar-refractivity contribution in [2.24, 2.45) is 16.9 Å². The van der Waals surface area contributed by atoms with Crippen LogP contribution in [-0.2, 0) is 11.3 Å². The highest BCUT2D eigenvalue weighted by molar-refractivity contribution is 6.07. The maximum absolute atomic E-state index is 13.1. The number of amides is 1. The Balaban J connectivity index is 1.95. The number of hydrogen-bond donors (Lipinski definition) is 0. The number of benzene rings is 2. The summed E-state index contributed by atoms with van der Waals surface area (Å²) in [5, 5.41) is 35.6. The van der Waals surface area contributed by atoms with Gasteiger partial charge in [0.2, 0.25) is 0 Å². The van der Waals surface area contributed by atoms with Crippen LogP contribution in [0.3, 0.4) is 0 Å². The second kappa shape index (κ2) is 8.32. The molecule has 8 nitrogen and oxygen atoms in total. The Morgan fingerprint density at radius 3 is 2.31 bits per heavy atom. The molecule has 2 aromatic carbocycles. The van der Waals surface area contributed by atoms with E-state index >= 15 is 0 Å². The first kappa shape index (κ1) is 19.7. The summed E-state index contributed by atoms with van der Waals surface area (Å²) in [6.07, 6.45) is 0. The third-order valence-corrected chi connectivity index (χ3v) is 4.91. The minimum atomic E-state index is -1.10. The first-order valence-electron chi connectivity index (χ1n) is 8.90. The molecule has 2 unspecified atom stereocenters. The molecule has 1 aliphatic rings. The Morgan fingerprint density at radius 1 is 1.14 bits per heavy atom. The summed E-state index contributed by atoms with van der Waals surface area (Å²) >= 11 is 0. The molecule has 0 aliphatic carbocycles. The number of nitrogens with zero attached hydrogens (tertiary/aromatic N) is 5. The summed E-state index contributed by atoms with van der Waals surface area (Å²) < 4.78 is 0. The van der Waals surface area contributed by atoms with E-state index in [9.17, 15) is 25.4 Å². The van der Waals surface area contributed by atoms with E-state index in [2.05, 4.69) is 5.10 Å². The van der Waals surface area contributed by atoms with Crippen molar-refractivity contribution < 1.29 is 9.72 Å². The van der Waals surface area contributed by atoms with Crippen molar-refractivity contribution in [1.82, 2.24) is 5.01 Å². The van der Waals surface area contributed by atoms with Crippen LogP contribution in [0.2, 0.25) is 0 Å². The smallest absolute Gasteiger partial charge is 0.269 e. The van der Waals surface area contributed by atoms with Crippen molar-refractivity contribution in [3.8, 4) is 12.1 Å². The van der Waals surface area contributed by atoms with Gasteiger partial charge in [0.25, 0.3) is 11.6 Å². The number of hydrazone groups is 1. The number of nitro groups is 1. The molecular weight excluding hydrogens is 370 g/mol. The lowest BCUT2D eigenvalue weighted by molar-refractivity contribution is -0.384. The van der Waals surface area contributed by atoms with E-state index in [0.29, 0.717) is 11.3 Å². The number of nitriles is 2. The third-order valence-electron chi connectivity index (χ3n) is 4.91. The summed E-state index contributed by atoms with van der Waals surface area (Å²) in [4.78, 5) is 23.5. The first-order valence-corrected chi connectivity index (χ1v) is 8.90. The molecule has 3 rings (SSSR count). The predicted molar refractivity (Wildman–Crippen MR) is 104 cm³/mol. The zero-order valence-corrected chi connectivity index (χ0v) is 15.6. The van der Waals surface area contributed by atoms with Gasteiger partial charge < -0.3 is 0 Å². The number of non-ortho nitro benzene ring substituents is 1. The van der Waals surface area contributed by atoms with Gasteiger partial charge in [-0.25, -0.2) is 5.01 Å². The maximum Gasteiger partial charge on any atom is 0.269 e. The highest BCUT2D eigenvalue weighted by atomic mass is 16.6. The fourth-order valence-electron chi connectivity index (χ4n) is 3.51. The van der Waals surface area contributed by atoms with Crippen LogP contribution in [0.15, 0.2) is 59.7 Å². The molecule has 1 heterocycles. The highest BCUT2D eigenvalue weighted by Crippen LogP contribution is 2.38. The Morgan fingerprint density at radius 2 is 1.76 bits per heavy atom. The van der Waals surface area contributed by atoms with E-state index in [1.54, 1.807) is 6.92 Å². The topological polar surface area (TPSA) is 123 Å². The second-order valence-electron chi connectivity index (χ2n) is 6.71. The van der Waals surface area contributed by atoms with Gasteiger partial charge in [-0.3, -0.25) is 14.9 Å². The van der Waals surface area contributed by atoms with Gasteiger partial charge in [0.05, 0.1) is 29.5 Å². The number of carbonyl (C=O) groups is 1. The summed E-state index contributed by atoms with van der Waals surface area (Å²) in [7, 11) is 0. The van der Waals surface area contributed by atoms with Crippen molar-refractivity contribution in [2.75, 3.05) is 0 Å². The van der Waals surface area contributed by atoms with Crippen LogP contribution in [0, 0.1) is 44.6 Å². The largest absolute Gasteiger partial charge is 0.272 e. The van der Waals surface area contributed by atoms with Gasteiger partial charge in [0.1, 0.15) is 5.92 Å². The lowest BCUT2D eigenvalue weighted by Gasteiger charge is -2.24. The minimum Gasteiger partial charge on any atom is -0.272 e. The molecule has 0 aromatic heterocycles. The molecule has 0 radical (unpaired) electrons. The van der Waals surface area contributed by atoms with E-state index in [4.69, 9.17) is 0 Å². The van der Waals surface area contributed by atoms with E-state index in [0.717, 1.165) is 5.56 Å². The normalized spacial score (nSPS) is 16.8. The molecule has 0 saturated heterocycles. The molecule has 0 N–H and O–H groups in total. The molecule has 1 amide bonds. The van der Waals surface area contributed by atoms with Gasteiger partial charge in [0, 0.05) is 23.8 Å². The van der Waals surface area contributed by atoms with Crippen molar-refractivity contribution in [3.63, 3.8) is 0 Å². The molecule has 29 heavy (non-hydrogen) atoms. The maximum atomic E-state index is 13.1. The van der Waals surface area contributed by atoms with E-state index in [-0.39, 0.29) is 18.1 Å². The van der Waals surface area contributed by atoms with Gasteiger partial charge >= 0.3 is 0 Å². The zero-order chi connectivity index (χ0) is 21.0. The highest BCUT2D eigenvalue weighted by Gasteiger charge is 2.43. The average Bonchev–Trinajstić information content (AvgIpc) is 3.00. The van der Waals surface area contributed by atoms with Crippen LogP contribution < -0.4 is 0 Å². The predicted octanol–water partition coefficient (Wildman–Crippen LogP) is 3.38. The zero-order valence-electron chi connectivity index (χ0n) is 15.6. The fourth-order valence-corrected chi connectivity index (χ4v) is 3.51. The molecule has 0 bridgehead atoms. The Kier molecular flexibility index (Phi) is 5.66. The molecule has 0 spiro atoms. The molecule has 2 atom stereocenters. The Hall–Kier alpha value is -4.04. The molecule has 8 heteroatoms. The van der Waals surface area contributed by atoms with E-state index in [1.165, 1.54) is 29.3 Å². The standard InChI is InChI=1S/C21H17N5O3/c1-14-19(21(27)25(24-14)13-15-5-3-2-4-6-15)20(17(11-22)12-23)16-7-9-18(10-8-16)26(28)29/h2-10,17,19-20H,13H2,1H3. The number of carbonyl (C=O) groups excluding carboxylic acids is 1. The van der Waals surface area contributed by atoms with Crippen LogP contribution in [-0.4, -0.2) is 21.6 Å². The molecule has 2 aromatic rings. The summed E-state index contributed by atoms with van der Waals surface area (Å²) in [5.41, 5.74) is 1.82. The molecule has 0 fully saturated rings. The SMILES string of the molecule is CC1=NN(Cc2ccccc2)C(=O)C1C(c1ccc([N+](=O)[O-])cc1)C(C#N)C#N. The summed E-state index contributed by atoms with van der Waals surface area (Å²) in [6.45, 7) is 1.97. The quantitative estimate of drug-likeness (QED) is 0.555. The number of hydrogen-bond acceptors (Lipinski definition) is 6. The number of rotatable bonds is 6. The van der Waals surface area contributed by atoms with Gasteiger partial charge in [-0.05, 0) is 18.1 Å². The van der Waals surface area contributed by atoms with Crippen molar-refractivity contribution in [3.05, 3.63) is 75.8 Å². The fraction of sp³-hybridized carbons (Fsp3) is 0.238. The van der Waals surface area contributed by atoms with Gasteiger partial charge in [-0.1, -0.05) is 42.5 Å². The monoisotopic (exact) mass is 387 g/mol. The first-order chi connectivity index (χ1) is 14.0. The number of nitro benzene ring substituents is 1. The van der Waals surface area contributed by atoms with Crippen LogP contribution in [0.4, 0.5) is 5.69 Å². The molecule has 0 saturated carbocycles. The van der Waals surface area contributed by atoms with E-state index < -0.39 is 22.7 Å². The summed E-state index contributed by atoms with van der Waals surface area (Å²) in [6, 6.07) is 18.9. The van der Waals surface area contributed by atoms with Crippen molar-refractivity contribution in [1.29, 1.82) is 10.5 Å². The van der Waals surface area contributed by atoms with Crippen molar-refractivity contribution >= 4 is 17.3 Å². The molecule has 1 aliphatic heterocycles. The van der Waals surface area contributed by atoms with Crippen LogP contribution in [0.25, 0.3) is 0 Å². The van der Waals surface area contributed by atoms with Crippen molar-refractivity contribution in [2.45, 2.75) is 19.4 Å². The Bertz CT molecular complexity index is 1020. The lowest BCUT2D eigenvalue weighted by Crippen LogP contribution is -2.34. The minimum absolute atomic E-state index is 0.105. The molecule has 144 valence electrons. The van der Waals surface area contributed by atoms with Gasteiger partial charge in [0.15, 0.2) is 0 Å². The lowest BCUT2D eigenvalue weighted by atomic mass is 9.75. The second-order valence-corrected chi connectivity index (χ2v) is 6.71. The van der Waals surface area contributed by atoms with Gasteiger partial charge in [-0.2, -0.15) is 15.6 Å². The molecular formula is C21H17N5O3. The average molecular weight is 387 g/mol.